The highest BCUT2D eigenvalue weighted by molar-refractivity contribution is 5.84. The molecular weight excluding hydrogens is 252 g/mol. The fraction of sp³-hybridized carbons (Fsp3) is 0.933. The lowest BCUT2D eigenvalue weighted by Crippen LogP contribution is -2.58. The molecule has 0 aromatic heterocycles. The number of amides is 1. The van der Waals surface area contributed by atoms with Crippen LogP contribution in [0.3, 0.4) is 0 Å². The molecule has 1 aliphatic carbocycles. The van der Waals surface area contributed by atoms with Crippen molar-refractivity contribution in [1.82, 2.24) is 15.1 Å². The molecule has 1 aliphatic heterocycles. The van der Waals surface area contributed by atoms with E-state index in [4.69, 9.17) is 5.73 Å². The Kier molecular flexibility index (Phi) is 4.72. The molecule has 3 N–H and O–H groups in total. The molecule has 1 saturated heterocycles. The van der Waals surface area contributed by atoms with E-state index in [0.717, 1.165) is 26.1 Å². The van der Waals surface area contributed by atoms with E-state index in [1.807, 2.05) is 6.92 Å². The van der Waals surface area contributed by atoms with Crippen LogP contribution in [0.5, 0.6) is 0 Å². The van der Waals surface area contributed by atoms with E-state index in [2.05, 4.69) is 36.0 Å². The smallest absolute Gasteiger partial charge is 0.237 e. The number of rotatable bonds is 6. The molecule has 1 heterocycles. The lowest BCUT2D eigenvalue weighted by Gasteiger charge is -2.43. The fourth-order valence-corrected chi connectivity index (χ4v) is 3.02. The number of carbonyl (C=O) groups is 1. The standard InChI is InChI=1S/C15H30N4O/c1-11-9-19(10-12(2)18(11)4)8-7-15(3,14(16)20)17-13-5-6-13/h11-13,17H,5-10H2,1-4H3,(H2,16,20). The highest BCUT2D eigenvalue weighted by Crippen LogP contribution is 2.24. The Morgan fingerprint density at radius 3 is 2.30 bits per heavy atom. The number of primary amides is 1. The fourth-order valence-electron chi connectivity index (χ4n) is 3.02. The molecule has 1 amide bonds. The van der Waals surface area contributed by atoms with E-state index >= 15 is 0 Å². The SMILES string of the molecule is CC1CN(CCC(C)(NC2CC2)C(N)=O)CC(C)N1C. The van der Waals surface area contributed by atoms with Crippen LogP contribution in [-0.4, -0.2) is 66.1 Å². The van der Waals surface area contributed by atoms with Crippen LogP contribution in [0, 0.1) is 0 Å². The maximum absolute atomic E-state index is 11.8. The van der Waals surface area contributed by atoms with Gasteiger partial charge in [-0.3, -0.25) is 9.69 Å². The minimum Gasteiger partial charge on any atom is -0.368 e. The third-order valence-electron chi connectivity index (χ3n) is 5.01. The molecule has 0 radical (unpaired) electrons. The zero-order valence-electron chi connectivity index (χ0n) is 13.4. The van der Waals surface area contributed by atoms with Gasteiger partial charge in [-0.05, 0) is 47.1 Å². The van der Waals surface area contributed by atoms with Crippen molar-refractivity contribution in [2.24, 2.45) is 5.73 Å². The summed E-state index contributed by atoms with van der Waals surface area (Å²) in [5, 5.41) is 3.43. The number of carbonyl (C=O) groups excluding carboxylic acids is 1. The number of piperazine rings is 1. The van der Waals surface area contributed by atoms with Crippen molar-refractivity contribution in [3.05, 3.63) is 0 Å². The first-order valence-electron chi connectivity index (χ1n) is 7.84. The monoisotopic (exact) mass is 282 g/mol. The maximum Gasteiger partial charge on any atom is 0.237 e. The van der Waals surface area contributed by atoms with Crippen molar-refractivity contribution < 1.29 is 4.79 Å². The summed E-state index contributed by atoms with van der Waals surface area (Å²) in [7, 11) is 2.19. The summed E-state index contributed by atoms with van der Waals surface area (Å²) in [5.74, 6) is -0.223. The Hall–Kier alpha value is -0.650. The molecular formula is C15H30N4O. The summed E-state index contributed by atoms with van der Waals surface area (Å²) in [6.45, 7) is 9.55. The molecule has 20 heavy (non-hydrogen) atoms. The van der Waals surface area contributed by atoms with E-state index in [0.29, 0.717) is 18.1 Å². The van der Waals surface area contributed by atoms with Crippen LogP contribution >= 0.6 is 0 Å². The maximum atomic E-state index is 11.8. The zero-order chi connectivity index (χ0) is 14.9. The van der Waals surface area contributed by atoms with Gasteiger partial charge in [0.25, 0.3) is 0 Å². The third kappa shape index (κ3) is 3.71. The summed E-state index contributed by atoms with van der Waals surface area (Å²) < 4.78 is 0. The highest BCUT2D eigenvalue weighted by Gasteiger charge is 2.37. The third-order valence-corrected chi connectivity index (χ3v) is 5.01. The van der Waals surface area contributed by atoms with Crippen molar-refractivity contribution in [2.45, 2.75) is 63.7 Å². The van der Waals surface area contributed by atoms with Gasteiger partial charge in [-0.25, -0.2) is 0 Å². The van der Waals surface area contributed by atoms with Gasteiger partial charge in [0.05, 0.1) is 5.54 Å². The Labute approximate surface area is 122 Å². The molecule has 0 aromatic rings. The molecule has 3 unspecified atom stereocenters. The molecule has 2 fully saturated rings. The van der Waals surface area contributed by atoms with E-state index < -0.39 is 5.54 Å². The molecule has 1 saturated carbocycles. The van der Waals surface area contributed by atoms with E-state index in [9.17, 15) is 4.79 Å². The number of nitrogens with zero attached hydrogens (tertiary/aromatic N) is 2. The van der Waals surface area contributed by atoms with Crippen LogP contribution in [0.15, 0.2) is 0 Å². The first kappa shape index (κ1) is 15.7. The number of likely N-dealkylation sites (N-methyl/N-ethyl adjacent to an activating group) is 1. The average molecular weight is 282 g/mol. The summed E-state index contributed by atoms with van der Waals surface area (Å²) in [6, 6.07) is 1.63. The molecule has 0 aromatic carbocycles. The summed E-state index contributed by atoms with van der Waals surface area (Å²) in [5.41, 5.74) is 5.05. The average Bonchev–Trinajstić information content (AvgIpc) is 3.17. The highest BCUT2D eigenvalue weighted by atomic mass is 16.1. The second-order valence-electron chi connectivity index (χ2n) is 6.99. The largest absolute Gasteiger partial charge is 0.368 e. The number of nitrogens with two attached hydrogens (primary N) is 1. The molecule has 116 valence electrons. The van der Waals surface area contributed by atoms with Gasteiger partial charge in [-0.2, -0.15) is 0 Å². The van der Waals surface area contributed by atoms with Crippen molar-refractivity contribution in [3.63, 3.8) is 0 Å². The van der Waals surface area contributed by atoms with E-state index in [1.54, 1.807) is 0 Å². The van der Waals surface area contributed by atoms with Crippen molar-refractivity contribution in [3.8, 4) is 0 Å². The molecule has 5 nitrogen and oxygen atoms in total. The first-order chi connectivity index (χ1) is 9.32. The van der Waals surface area contributed by atoms with Gasteiger partial charge in [-0.1, -0.05) is 0 Å². The zero-order valence-corrected chi connectivity index (χ0v) is 13.4. The number of nitrogens with one attached hydrogen (secondary N) is 1. The van der Waals surface area contributed by atoms with Crippen LogP contribution in [0.4, 0.5) is 0 Å². The second-order valence-corrected chi connectivity index (χ2v) is 6.99. The van der Waals surface area contributed by atoms with Gasteiger partial charge < -0.3 is 16.0 Å². The first-order valence-corrected chi connectivity index (χ1v) is 7.84. The summed E-state index contributed by atoms with van der Waals surface area (Å²) in [6.07, 6.45) is 3.14. The van der Waals surface area contributed by atoms with Gasteiger partial charge in [-0.15, -0.1) is 0 Å². The van der Waals surface area contributed by atoms with Gasteiger partial charge in [0.1, 0.15) is 0 Å². The molecule has 3 atom stereocenters. The quantitative estimate of drug-likeness (QED) is 0.740. The predicted octanol–water partition coefficient (Wildman–Crippen LogP) is 0.397. The van der Waals surface area contributed by atoms with Crippen LogP contribution in [0.25, 0.3) is 0 Å². The number of hydrogen-bond acceptors (Lipinski definition) is 4. The minimum atomic E-state index is -0.559. The van der Waals surface area contributed by atoms with Gasteiger partial charge in [0, 0.05) is 37.8 Å². The van der Waals surface area contributed by atoms with Crippen molar-refractivity contribution in [2.75, 3.05) is 26.7 Å². The topological polar surface area (TPSA) is 61.6 Å². The molecule has 0 bridgehead atoms. The minimum absolute atomic E-state index is 0.223. The van der Waals surface area contributed by atoms with Gasteiger partial charge in [0.15, 0.2) is 0 Å². The molecule has 0 spiro atoms. The Morgan fingerprint density at radius 2 is 1.85 bits per heavy atom. The number of hydrogen-bond donors (Lipinski definition) is 2. The van der Waals surface area contributed by atoms with E-state index in [1.165, 1.54) is 12.8 Å². The Bertz CT molecular complexity index is 346. The van der Waals surface area contributed by atoms with Crippen molar-refractivity contribution >= 4 is 5.91 Å². The lowest BCUT2D eigenvalue weighted by molar-refractivity contribution is -0.124. The van der Waals surface area contributed by atoms with E-state index in [-0.39, 0.29) is 5.91 Å². The molecule has 5 heteroatoms. The predicted molar refractivity (Wildman–Crippen MR) is 81.5 cm³/mol. The van der Waals surface area contributed by atoms with Gasteiger partial charge >= 0.3 is 0 Å². The lowest BCUT2D eigenvalue weighted by atomic mass is 9.95. The second kappa shape index (κ2) is 6.00. The summed E-state index contributed by atoms with van der Waals surface area (Å²) in [4.78, 5) is 16.7. The van der Waals surface area contributed by atoms with Crippen LogP contribution < -0.4 is 11.1 Å². The van der Waals surface area contributed by atoms with Crippen LogP contribution in [-0.2, 0) is 4.79 Å². The van der Waals surface area contributed by atoms with Crippen LogP contribution in [0.2, 0.25) is 0 Å². The normalized spacial score (nSPS) is 32.0. The summed E-state index contributed by atoms with van der Waals surface area (Å²) >= 11 is 0. The van der Waals surface area contributed by atoms with Gasteiger partial charge in [0.2, 0.25) is 5.91 Å². The Balaban J connectivity index is 1.87. The van der Waals surface area contributed by atoms with Crippen molar-refractivity contribution in [1.29, 1.82) is 0 Å². The molecule has 2 aliphatic rings. The van der Waals surface area contributed by atoms with Crippen LogP contribution in [0.1, 0.15) is 40.0 Å². The Morgan fingerprint density at radius 1 is 1.30 bits per heavy atom. The molecule has 2 rings (SSSR count).